The zero-order valence-electron chi connectivity index (χ0n) is 6.23. The van der Waals surface area contributed by atoms with E-state index in [1.54, 1.807) is 0 Å². The van der Waals surface area contributed by atoms with E-state index < -0.39 is 11.8 Å². The molecule has 0 radical (unpaired) electrons. The first-order valence-corrected chi connectivity index (χ1v) is 3.19. The lowest BCUT2D eigenvalue weighted by Gasteiger charge is -1.93. The minimum Gasteiger partial charge on any atom is -0.368 e. The van der Waals surface area contributed by atoms with Crippen molar-refractivity contribution in [1.29, 1.82) is 0 Å². The van der Waals surface area contributed by atoms with Crippen molar-refractivity contribution in [3.63, 3.8) is 0 Å². The molecule has 1 heterocycles. The Morgan fingerprint density at radius 3 is 2.58 bits per heavy atom. The maximum absolute atomic E-state index is 10.5. The van der Waals surface area contributed by atoms with Crippen molar-refractivity contribution >= 4 is 11.8 Å². The molecular weight excluding hydrogens is 160 g/mol. The maximum Gasteiger partial charge on any atom is 0.268 e. The predicted octanol–water partition coefficient (Wildman–Crippen LogP) is -1.53. The number of imidazole rings is 1. The van der Waals surface area contributed by atoms with Gasteiger partial charge in [0.2, 0.25) is 5.91 Å². The Morgan fingerprint density at radius 2 is 2.17 bits per heavy atom. The smallest absolute Gasteiger partial charge is 0.268 e. The lowest BCUT2D eigenvalue weighted by atomic mass is 10.5. The molecule has 6 nitrogen and oxygen atoms in total. The first-order valence-electron chi connectivity index (χ1n) is 3.19. The highest BCUT2D eigenvalue weighted by Crippen LogP contribution is 1.93. The third-order valence-corrected chi connectivity index (χ3v) is 1.22. The summed E-state index contributed by atoms with van der Waals surface area (Å²) >= 11 is 0. The zero-order valence-corrected chi connectivity index (χ0v) is 6.23. The number of amides is 2. The Bertz CT molecular complexity index is 317. The van der Waals surface area contributed by atoms with Crippen molar-refractivity contribution in [3.8, 4) is 0 Å². The van der Waals surface area contributed by atoms with Crippen LogP contribution >= 0.6 is 0 Å². The van der Waals surface area contributed by atoms with Gasteiger partial charge in [0.1, 0.15) is 12.2 Å². The molecule has 1 rings (SSSR count). The van der Waals surface area contributed by atoms with Crippen LogP contribution in [0.5, 0.6) is 0 Å². The van der Waals surface area contributed by atoms with Crippen LogP contribution in [0.2, 0.25) is 0 Å². The Balaban J connectivity index is 2.77. The number of hydrogen-bond donors (Lipinski definition) is 2. The Labute approximate surface area is 68.2 Å². The van der Waals surface area contributed by atoms with Crippen LogP contribution in [0.15, 0.2) is 12.5 Å². The lowest BCUT2D eigenvalue weighted by molar-refractivity contribution is -0.118. The van der Waals surface area contributed by atoms with Crippen LogP contribution < -0.4 is 11.5 Å². The number of primary amides is 2. The molecule has 0 saturated heterocycles. The van der Waals surface area contributed by atoms with Gasteiger partial charge in [0.25, 0.3) is 5.91 Å². The Morgan fingerprint density at radius 1 is 1.50 bits per heavy atom. The fourth-order valence-corrected chi connectivity index (χ4v) is 0.754. The van der Waals surface area contributed by atoms with E-state index in [-0.39, 0.29) is 12.2 Å². The van der Waals surface area contributed by atoms with Gasteiger partial charge < -0.3 is 16.0 Å². The summed E-state index contributed by atoms with van der Waals surface area (Å²) in [7, 11) is 0. The number of hydrogen-bond acceptors (Lipinski definition) is 3. The molecule has 0 fully saturated rings. The number of nitrogens with zero attached hydrogens (tertiary/aromatic N) is 2. The average molecular weight is 168 g/mol. The minimum absolute atomic E-state index is 0.000278. The SMILES string of the molecule is NC(=O)Cn1cnc(C(N)=O)c1. The van der Waals surface area contributed by atoms with Gasteiger partial charge in [-0.25, -0.2) is 4.98 Å². The zero-order chi connectivity index (χ0) is 9.14. The van der Waals surface area contributed by atoms with Crippen molar-refractivity contribution in [2.24, 2.45) is 11.5 Å². The molecule has 0 aliphatic heterocycles. The minimum atomic E-state index is -0.627. The van der Waals surface area contributed by atoms with Gasteiger partial charge in [-0.3, -0.25) is 9.59 Å². The molecule has 0 spiro atoms. The molecular formula is C6H8N4O2. The standard InChI is InChI=1S/C6H8N4O2/c7-5(11)2-10-1-4(6(8)12)9-3-10/h1,3H,2H2,(H2,7,11)(H2,8,12). The van der Waals surface area contributed by atoms with Gasteiger partial charge in [0.05, 0.1) is 6.33 Å². The molecule has 0 aliphatic carbocycles. The van der Waals surface area contributed by atoms with E-state index >= 15 is 0 Å². The molecule has 2 amide bonds. The second kappa shape index (κ2) is 3.04. The van der Waals surface area contributed by atoms with Gasteiger partial charge in [-0.2, -0.15) is 0 Å². The number of carbonyl (C=O) groups is 2. The van der Waals surface area contributed by atoms with Gasteiger partial charge in [0.15, 0.2) is 0 Å². The summed E-state index contributed by atoms with van der Waals surface area (Å²) < 4.78 is 1.39. The molecule has 0 atom stereocenters. The molecule has 0 unspecified atom stereocenters. The van der Waals surface area contributed by atoms with E-state index in [0.717, 1.165) is 0 Å². The highest BCUT2D eigenvalue weighted by atomic mass is 16.1. The van der Waals surface area contributed by atoms with E-state index in [1.165, 1.54) is 17.1 Å². The molecule has 6 heteroatoms. The molecule has 64 valence electrons. The van der Waals surface area contributed by atoms with Crippen LogP contribution in [0.1, 0.15) is 10.5 Å². The van der Waals surface area contributed by atoms with Gasteiger partial charge in [-0.05, 0) is 0 Å². The topological polar surface area (TPSA) is 104 Å². The second-order valence-electron chi connectivity index (χ2n) is 2.26. The Hall–Kier alpha value is -1.85. The summed E-state index contributed by atoms with van der Waals surface area (Å²) in [5, 5.41) is 0. The van der Waals surface area contributed by atoms with E-state index in [2.05, 4.69) is 4.98 Å². The normalized spacial score (nSPS) is 9.67. The Kier molecular flexibility index (Phi) is 2.09. The third-order valence-electron chi connectivity index (χ3n) is 1.22. The predicted molar refractivity (Wildman–Crippen MR) is 39.9 cm³/mol. The monoisotopic (exact) mass is 168 g/mol. The largest absolute Gasteiger partial charge is 0.368 e. The number of rotatable bonds is 3. The van der Waals surface area contributed by atoms with Crippen molar-refractivity contribution < 1.29 is 9.59 Å². The van der Waals surface area contributed by atoms with Crippen LogP contribution in [-0.4, -0.2) is 21.4 Å². The summed E-state index contributed by atoms with van der Waals surface area (Å²) in [5.74, 6) is -1.12. The first kappa shape index (κ1) is 8.25. The maximum atomic E-state index is 10.5. The summed E-state index contributed by atoms with van der Waals surface area (Å²) in [5.41, 5.74) is 9.95. The second-order valence-corrected chi connectivity index (χ2v) is 2.26. The molecule has 12 heavy (non-hydrogen) atoms. The molecule has 0 aromatic carbocycles. The molecule has 0 bridgehead atoms. The van der Waals surface area contributed by atoms with Gasteiger partial charge in [0, 0.05) is 6.20 Å². The van der Waals surface area contributed by atoms with Crippen molar-refractivity contribution in [3.05, 3.63) is 18.2 Å². The molecule has 1 aromatic rings. The molecule has 0 aliphatic rings. The summed E-state index contributed by atoms with van der Waals surface area (Å²) in [4.78, 5) is 24.6. The fourth-order valence-electron chi connectivity index (χ4n) is 0.754. The van der Waals surface area contributed by atoms with Crippen molar-refractivity contribution in [1.82, 2.24) is 9.55 Å². The van der Waals surface area contributed by atoms with Crippen LogP contribution in [-0.2, 0) is 11.3 Å². The van der Waals surface area contributed by atoms with Crippen LogP contribution in [0.3, 0.4) is 0 Å². The van der Waals surface area contributed by atoms with E-state index in [4.69, 9.17) is 11.5 Å². The van der Waals surface area contributed by atoms with Crippen LogP contribution in [0, 0.1) is 0 Å². The number of carbonyl (C=O) groups excluding carboxylic acids is 2. The van der Waals surface area contributed by atoms with Crippen LogP contribution in [0.4, 0.5) is 0 Å². The van der Waals surface area contributed by atoms with E-state index in [0.29, 0.717) is 0 Å². The average Bonchev–Trinajstić information content (AvgIpc) is 2.34. The molecule has 4 N–H and O–H groups in total. The number of nitrogens with two attached hydrogens (primary N) is 2. The lowest BCUT2D eigenvalue weighted by Crippen LogP contribution is -2.17. The summed E-state index contributed by atoms with van der Waals surface area (Å²) in [6.45, 7) is 0.000278. The highest BCUT2D eigenvalue weighted by Gasteiger charge is 2.04. The van der Waals surface area contributed by atoms with E-state index in [1.807, 2.05) is 0 Å². The van der Waals surface area contributed by atoms with Crippen LogP contribution in [0.25, 0.3) is 0 Å². The first-order chi connectivity index (χ1) is 5.59. The van der Waals surface area contributed by atoms with Gasteiger partial charge in [-0.15, -0.1) is 0 Å². The van der Waals surface area contributed by atoms with Crippen molar-refractivity contribution in [2.75, 3.05) is 0 Å². The quantitative estimate of drug-likeness (QED) is 0.571. The van der Waals surface area contributed by atoms with E-state index in [9.17, 15) is 9.59 Å². The molecule has 0 saturated carbocycles. The fraction of sp³-hybridized carbons (Fsp3) is 0.167. The van der Waals surface area contributed by atoms with Gasteiger partial charge >= 0.3 is 0 Å². The number of aromatic nitrogens is 2. The summed E-state index contributed by atoms with van der Waals surface area (Å²) in [6, 6.07) is 0. The summed E-state index contributed by atoms with van der Waals surface area (Å²) in [6.07, 6.45) is 2.69. The molecule has 1 aromatic heterocycles. The third kappa shape index (κ3) is 1.82. The van der Waals surface area contributed by atoms with Gasteiger partial charge in [-0.1, -0.05) is 0 Å². The van der Waals surface area contributed by atoms with Crippen molar-refractivity contribution in [2.45, 2.75) is 6.54 Å². The highest BCUT2D eigenvalue weighted by molar-refractivity contribution is 5.90.